The lowest BCUT2D eigenvalue weighted by molar-refractivity contribution is -0.116. The summed E-state index contributed by atoms with van der Waals surface area (Å²) in [5, 5.41) is 7.83. The maximum atomic E-state index is 12.9. The van der Waals surface area contributed by atoms with Crippen LogP contribution in [0.15, 0.2) is 72.9 Å². The Morgan fingerprint density at radius 2 is 1.87 bits per heavy atom. The van der Waals surface area contributed by atoms with E-state index in [1.165, 1.54) is 0 Å². The molecule has 1 amide bonds. The van der Waals surface area contributed by atoms with Crippen LogP contribution in [0.25, 0.3) is 5.69 Å². The molecular weight excluding hydrogens is 526 g/mol. The minimum atomic E-state index is -0.159. The first kappa shape index (κ1) is 26.9. The molecule has 5 rings (SSSR count). The molecule has 2 atom stereocenters. The van der Waals surface area contributed by atoms with Crippen molar-refractivity contribution < 1.29 is 4.79 Å². The molecule has 39 heavy (non-hydrogen) atoms. The van der Waals surface area contributed by atoms with Crippen LogP contribution in [0.2, 0.25) is 5.02 Å². The summed E-state index contributed by atoms with van der Waals surface area (Å²) in [5.74, 6) is -0.0524. The molecule has 0 bridgehead atoms. The van der Waals surface area contributed by atoms with Crippen LogP contribution in [0.3, 0.4) is 0 Å². The number of nitrogens with zero attached hydrogens (tertiary/aromatic N) is 3. The number of amides is 1. The summed E-state index contributed by atoms with van der Waals surface area (Å²) in [6.07, 6.45) is 2.10. The van der Waals surface area contributed by atoms with Crippen molar-refractivity contribution in [3.63, 3.8) is 0 Å². The highest BCUT2D eigenvalue weighted by Crippen LogP contribution is 2.41. The second-order valence-electron chi connectivity index (χ2n) is 10.1. The number of anilines is 1. The number of hydrogen-bond donors (Lipinski definition) is 2. The summed E-state index contributed by atoms with van der Waals surface area (Å²) in [4.78, 5) is 19.7. The Hall–Kier alpha value is -3.68. The van der Waals surface area contributed by atoms with Gasteiger partial charge in [0.2, 0.25) is 5.91 Å². The molecule has 2 aromatic carbocycles. The second kappa shape index (κ2) is 11.2. The van der Waals surface area contributed by atoms with Crippen molar-refractivity contribution in [2.45, 2.75) is 46.2 Å². The zero-order valence-electron chi connectivity index (χ0n) is 22.5. The molecule has 0 saturated carbocycles. The smallest absolute Gasteiger partial charge is 0.226 e. The third kappa shape index (κ3) is 5.56. The van der Waals surface area contributed by atoms with E-state index in [0.29, 0.717) is 23.1 Å². The first-order valence-corrected chi connectivity index (χ1v) is 13.8. The van der Waals surface area contributed by atoms with Crippen LogP contribution in [0, 0.1) is 27.7 Å². The Balaban J connectivity index is 1.49. The third-order valence-electron chi connectivity index (χ3n) is 7.28. The molecule has 1 aliphatic rings. The fraction of sp³-hybridized carbons (Fsp3) is 0.258. The summed E-state index contributed by atoms with van der Waals surface area (Å²) in [6.45, 7) is 8.80. The number of aromatic nitrogens is 2. The molecule has 200 valence electrons. The van der Waals surface area contributed by atoms with E-state index in [0.717, 1.165) is 45.1 Å². The van der Waals surface area contributed by atoms with Gasteiger partial charge in [-0.1, -0.05) is 35.9 Å². The minimum absolute atomic E-state index is 0.0524. The first-order chi connectivity index (χ1) is 18.7. The Kier molecular flexibility index (Phi) is 7.73. The zero-order valence-corrected chi connectivity index (χ0v) is 24.1. The van der Waals surface area contributed by atoms with Crippen molar-refractivity contribution in [3.8, 4) is 5.69 Å². The van der Waals surface area contributed by atoms with Crippen molar-refractivity contribution >= 4 is 40.5 Å². The van der Waals surface area contributed by atoms with Gasteiger partial charge in [0, 0.05) is 46.9 Å². The molecule has 0 aliphatic carbocycles. The number of carbonyl (C=O) groups excluding carboxylic acids is 1. The highest BCUT2D eigenvalue weighted by Gasteiger charge is 2.41. The van der Waals surface area contributed by atoms with Gasteiger partial charge in [0.25, 0.3) is 0 Å². The summed E-state index contributed by atoms with van der Waals surface area (Å²) >= 11 is 12.2. The van der Waals surface area contributed by atoms with Crippen molar-refractivity contribution in [1.29, 1.82) is 0 Å². The van der Waals surface area contributed by atoms with Gasteiger partial charge in [-0.2, -0.15) is 0 Å². The lowest BCUT2D eigenvalue weighted by Crippen LogP contribution is -2.32. The SMILES string of the molecule is Cc1cccc(NC(=O)CCN2C(=S)NC(c3ccccn3)C2c2cc(C)n(-c3cc(Cl)ccc3C)c2C)c1. The van der Waals surface area contributed by atoms with E-state index in [1.54, 1.807) is 6.20 Å². The largest absolute Gasteiger partial charge is 0.352 e. The molecule has 6 nitrogen and oxygen atoms in total. The van der Waals surface area contributed by atoms with Gasteiger partial charge in [-0.3, -0.25) is 9.78 Å². The number of benzene rings is 2. The summed E-state index contributed by atoms with van der Waals surface area (Å²) in [6, 6.07) is 21.6. The lowest BCUT2D eigenvalue weighted by Gasteiger charge is -2.28. The van der Waals surface area contributed by atoms with Crippen molar-refractivity contribution in [2.75, 3.05) is 11.9 Å². The molecule has 0 radical (unpaired) electrons. The molecule has 4 aromatic rings. The van der Waals surface area contributed by atoms with Crippen LogP contribution in [-0.4, -0.2) is 32.0 Å². The topological polar surface area (TPSA) is 62.2 Å². The molecule has 2 unspecified atom stereocenters. The number of halogens is 1. The maximum Gasteiger partial charge on any atom is 0.226 e. The quantitative estimate of drug-likeness (QED) is 0.246. The van der Waals surface area contributed by atoms with Gasteiger partial charge in [-0.05, 0) is 99.1 Å². The fourth-order valence-electron chi connectivity index (χ4n) is 5.43. The predicted octanol–water partition coefficient (Wildman–Crippen LogP) is 6.76. The van der Waals surface area contributed by atoms with Crippen LogP contribution in [0.4, 0.5) is 5.69 Å². The van der Waals surface area contributed by atoms with E-state index < -0.39 is 0 Å². The molecule has 1 aliphatic heterocycles. The first-order valence-electron chi connectivity index (χ1n) is 13.0. The maximum absolute atomic E-state index is 12.9. The normalized spacial score (nSPS) is 16.8. The van der Waals surface area contributed by atoms with Crippen molar-refractivity contribution in [3.05, 3.63) is 112 Å². The van der Waals surface area contributed by atoms with E-state index >= 15 is 0 Å². The average Bonchev–Trinajstić information content (AvgIpc) is 3.39. The van der Waals surface area contributed by atoms with Gasteiger partial charge in [0.05, 0.1) is 17.8 Å². The number of pyridine rings is 1. The third-order valence-corrected chi connectivity index (χ3v) is 7.87. The Labute approximate surface area is 240 Å². The van der Waals surface area contributed by atoms with Crippen LogP contribution in [0.5, 0.6) is 0 Å². The molecule has 3 heterocycles. The van der Waals surface area contributed by atoms with Gasteiger partial charge in [0.15, 0.2) is 5.11 Å². The highest BCUT2D eigenvalue weighted by molar-refractivity contribution is 7.80. The van der Waals surface area contributed by atoms with E-state index in [1.807, 2.05) is 67.6 Å². The molecule has 0 spiro atoms. The van der Waals surface area contributed by atoms with Crippen molar-refractivity contribution in [1.82, 2.24) is 19.8 Å². The number of nitrogens with one attached hydrogen (secondary N) is 2. The second-order valence-corrected chi connectivity index (χ2v) is 10.9. The fourth-order valence-corrected chi connectivity index (χ4v) is 5.93. The van der Waals surface area contributed by atoms with Gasteiger partial charge in [0.1, 0.15) is 0 Å². The van der Waals surface area contributed by atoms with Crippen LogP contribution < -0.4 is 10.6 Å². The van der Waals surface area contributed by atoms with Gasteiger partial charge in [-0.25, -0.2) is 0 Å². The molecule has 2 aromatic heterocycles. The Bertz CT molecular complexity index is 1530. The van der Waals surface area contributed by atoms with Gasteiger partial charge in [-0.15, -0.1) is 0 Å². The summed E-state index contributed by atoms with van der Waals surface area (Å²) < 4.78 is 2.25. The lowest BCUT2D eigenvalue weighted by atomic mass is 9.96. The highest BCUT2D eigenvalue weighted by atomic mass is 35.5. The summed E-state index contributed by atoms with van der Waals surface area (Å²) in [7, 11) is 0. The Morgan fingerprint density at radius 1 is 1.05 bits per heavy atom. The van der Waals surface area contributed by atoms with Gasteiger partial charge < -0.3 is 20.1 Å². The Morgan fingerprint density at radius 3 is 2.62 bits per heavy atom. The summed E-state index contributed by atoms with van der Waals surface area (Å²) in [5.41, 5.74) is 8.32. The van der Waals surface area contributed by atoms with E-state index in [4.69, 9.17) is 23.8 Å². The number of hydrogen-bond acceptors (Lipinski definition) is 3. The molecule has 8 heteroatoms. The van der Waals surface area contributed by atoms with Crippen LogP contribution in [0.1, 0.15) is 52.3 Å². The molecule has 1 saturated heterocycles. The van der Waals surface area contributed by atoms with E-state index in [2.05, 4.69) is 51.9 Å². The standard InChI is InChI=1S/C31H32ClN5OS/c1-19-8-7-9-24(16-19)34-28(38)13-15-36-30(29(35-31(36)39)26-10-5-6-14-33-26)25-17-21(3)37(22(25)4)27-18-23(32)12-11-20(27)2/h5-12,14,16-18,29-30H,13,15H2,1-4H3,(H,34,38)(H,35,39). The van der Waals surface area contributed by atoms with Crippen LogP contribution in [-0.2, 0) is 4.79 Å². The minimum Gasteiger partial charge on any atom is -0.352 e. The number of aryl methyl sites for hydroxylation is 3. The predicted molar refractivity (Wildman–Crippen MR) is 162 cm³/mol. The van der Waals surface area contributed by atoms with Gasteiger partial charge >= 0.3 is 0 Å². The van der Waals surface area contributed by atoms with E-state index in [9.17, 15) is 4.79 Å². The number of thiocarbonyl (C=S) groups is 1. The molecule has 1 fully saturated rings. The number of carbonyl (C=O) groups is 1. The molecular formula is C31H32ClN5OS. The molecule has 2 N–H and O–H groups in total. The zero-order chi connectivity index (χ0) is 27.7. The number of rotatable bonds is 7. The van der Waals surface area contributed by atoms with E-state index in [-0.39, 0.29) is 18.0 Å². The van der Waals surface area contributed by atoms with Crippen LogP contribution >= 0.6 is 23.8 Å². The monoisotopic (exact) mass is 557 g/mol. The average molecular weight is 558 g/mol. The van der Waals surface area contributed by atoms with Crippen molar-refractivity contribution in [2.24, 2.45) is 0 Å².